The Labute approximate surface area is 98.8 Å². The standard InChI is InChI=1S/C12H25N3O/c1-14(2)12(16)7-10-15-9-4-3-5-11(15)6-8-13/h11H,3-10,13H2,1-2H3. The first kappa shape index (κ1) is 13.5. The lowest BCUT2D eigenvalue weighted by Crippen LogP contribution is -2.42. The van der Waals surface area contributed by atoms with Crippen molar-refractivity contribution in [2.75, 3.05) is 33.7 Å². The van der Waals surface area contributed by atoms with Crippen molar-refractivity contribution in [2.24, 2.45) is 5.73 Å². The molecule has 0 bridgehead atoms. The highest BCUT2D eigenvalue weighted by Gasteiger charge is 2.21. The van der Waals surface area contributed by atoms with E-state index >= 15 is 0 Å². The molecule has 4 nitrogen and oxygen atoms in total. The van der Waals surface area contributed by atoms with Crippen LogP contribution in [0.4, 0.5) is 0 Å². The van der Waals surface area contributed by atoms with Gasteiger partial charge in [0.1, 0.15) is 0 Å². The minimum Gasteiger partial charge on any atom is -0.349 e. The number of carbonyl (C=O) groups excluding carboxylic acids is 1. The van der Waals surface area contributed by atoms with Crippen molar-refractivity contribution in [3.63, 3.8) is 0 Å². The fourth-order valence-corrected chi connectivity index (χ4v) is 2.34. The molecule has 0 aromatic rings. The minimum absolute atomic E-state index is 0.220. The summed E-state index contributed by atoms with van der Waals surface area (Å²) in [6, 6.07) is 0.605. The van der Waals surface area contributed by atoms with Gasteiger partial charge in [-0.1, -0.05) is 6.42 Å². The van der Waals surface area contributed by atoms with E-state index in [9.17, 15) is 4.79 Å². The van der Waals surface area contributed by atoms with Crippen LogP contribution in [0.15, 0.2) is 0 Å². The molecule has 0 saturated carbocycles. The lowest BCUT2D eigenvalue weighted by Gasteiger charge is -2.35. The quantitative estimate of drug-likeness (QED) is 0.751. The first-order valence-corrected chi connectivity index (χ1v) is 6.29. The molecule has 0 spiro atoms. The summed E-state index contributed by atoms with van der Waals surface area (Å²) < 4.78 is 0. The molecule has 1 heterocycles. The van der Waals surface area contributed by atoms with Gasteiger partial charge in [-0.2, -0.15) is 0 Å². The second-order valence-corrected chi connectivity index (χ2v) is 4.80. The van der Waals surface area contributed by atoms with E-state index in [1.165, 1.54) is 19.3 Å². The van der Waals surface area contributed by atoms with Gasteiger partial charge in [0.25, 0.3) is 0 Å². The molecule has 4 heteroatoms. The summed E-state index contributed by atoms with van der Waals surface area (Å²) in [5, 5.41) is 0. The van der Waals surface area contributed by atoms with Gasteiger partial charge in [0.2, 0.25) is 5.91 Å². The molecule has 1 unspecified atom stereocenters. The zero-order valence-electron chi connectivity index (χ0n) is 10.6. The molecule has 2 N–H and O–H groups in total. The molecule has 1 fully saturated rings. The van der Waals surface area contributed by atoms with Gasteiger partial charge in [-0.25, -0.2) is 0 Å². The third kappa shape index (κ3) is 4.10. The van der Waals surface area contributed by atoms with Crippen LogP contribution in [0.3, 0.4) is 0 Å². The second-order valence-electron chi connectivity index (χ2n) is 4.80. The molecule has 0 radical (unpaired) electrons. The number of likely N-dealkylation sites (tertiary alicyclic amines) is 1. The highest BCUT2D eigenvalue weighted by molar-refractivity contribution is 5.75. The predicted molar refractivity (Wildman–Crippen MR) is 66.2 cm³/mol. The fourth-order valence-electron chi connectivity index (χ4n) is 2.34. The van der Waals surface area contributed by atoms with Crippen molar-refractivity contribution in [3.05, 3.63) is 0 Å². The van der Waals surface area contributed by atoms with E-state index in [-0.39, 0.29) is 5.91 Å². The van der Waals surface area contributed by atoms with Crippen LogP contribution in [0.5, 0.6) is 0 Å². The highest BCUT2D eigenvalue weighted by atomic mass is 16.2. The van der Waals surface area contributed by atoms with Gasteiger partial charge < -0.3 is 10.6 Å². The number of piperidine rings is 1. The number of rotatable bonds is 5. The van der Waals surface area contributed by atoms with E-state index in [2.05, 4.69) is 4.90 Å². The Morgan fingerprint density at radius 1 is 1.44 bits per heavy atom. The van der Waals surface area contributed by atoms with Gasteiger partial charge in [-0.05, 0) is 32.4 Å². The number of hydrogen-bond donors (Lipinski definition) is 1. The van der Waals surface area contributed by atoms with Crippen LogP contribution in [-0.2, 0) is 4.79 Å². The van der Waals surface area contributed by atoms with Crippen LogP contribution in [0.1, 0.15) is 32.1 Å². The number of hydrogen-bond acceptors (Lipinski definition) is 3. The predicted octanol–water partition coefficient (Wildman–Crippen LogP) is 0.668. The topological polar surface area (TPSA) is 49.6 Å². The minimum atomic E-state index is 0.220. The summed E-state index contributed by atoms with van der Waals surface area (Å²) in [6.07, 6.45) is 5.51. The third-order valence-electron chi connectivity index (χ3n) is 3.36. The fraction of sp³-hybridized carbons (Fsp3) is 0.917. The van der Waals surface area contributed by atoms with Crippen LogP contribution in [0.25, 0.3) is 0 Å². The molecule has 94 valence electrons. The molecule has 0 aromatic carbocycles. The Morgan fingerprint density at radius 3 is 2.81 bits per heavy atom. The number of carbonyl (C=O) groups is 1. The molecule has 1 atom stereocenters. The summed E-state index contributed by atoms with van der Waals surface area (Å²) in [7, 11) is 3.63. The number of nitrogens with zero attached hydrogens (tertiary/aromatic N) is 2. The Kier molecular flexibility index (Phi) is 5.77. The van der Waals surface area contributed by atoms with Gasteiger partial charge >= 0.3 is 0 Å². The average molecular weight is 227 g/mol. The van der Waals surface area contributed by atoms with E-state index in [1.54, 1.807) is 4.90 Å². The maximum Gasteiger partial charge on any atom is 0.223 e. The smallest absolute Gasteiger partial charge is 0.223 e. The molecule has 1 saturated heterocycles. The van der Waals surface area contributed by atoms with Crippen LogP contribution < -0.4 is 5.73 Å². The maximum atomic E-state index is 11.5. The van der Waals surface area contributed by atoms with Crippen LogP contribution >= 0.6 is 0 Å². The Bertz CT molecular complexity index is 216. The maximum absolute atomic E-state index is 11.5. The molecule has 1 aliphatic rings. The first-order chi connectivity index (χ1) is 7.65. The van der Waals surface area contributed by atoms with E-state index in [4.69, 9.17) is 5.73 Å². The Balaban J connectivity index is 2.34. The summed E-state index contributed by atoms with van der Waals surface area (Å²) in [5.74, 6) is 0.220. The first-order valence-electron chi connectivity index (χ1n) is 6.29. The van der Waals surface area contributed by atoms with Crippen molar-refractivity contribution in [1.82, 2.24) is 9.80 Å². The lowest BCUT2D eigenvalue weighted by atomic mass is 9.99. The van der Waals surface area contributed by atoms with Crippen molar-refractivity contribution >= 4 is 5.91 Å². The molecular weight excluding hydrogens is 202 g/mol. The van der Waals surface area contributed by atoms with Gasteiger partial charge in [-0.15, -0.1) is 0 Å². The van der Waals surface area contributed by atoms with Crippen LogP contribution in [-0.4, -0.2) is 55.5 Å². The van der Waals surface area contributed by atoms with Gasteiger partial charge in [-0.3, -0.25) is 9.69 Å². The highest BCUT2D eigenvalue weighted by Crippen LogP contribution is 2.19. The molecule has 16 heavy (non-hydrogen) atoms. The van der Waals surface area contributed by atoms with Crippen molar-refractivity contribution in [3.8, 4) is 0 Å². The van der Waals surface area contributed by atoms with Crippen LogP contribution in [0.2, 0.25) is 0 Å². The van der Waals surface area contributed by atoms with Crippen molar-refractivity contribution in [2.45, 2.75) is 38.1 Å². The molecule has 1 rings (SSSR count). The lowest BCUT2D eigenvalue weighted by molar-refractivity contribution is -0.129. The zero-order chi connectivity index (χ0) is 12.0. The summed E-state index contributed by atoms with van der Waals surface area (Å²) in [4.78, 5) is 15.6. The zero-order valence-corrected chi connectivity index (χ0v) is 10.6. The number of nitrogens with two attached hydrogens (primary N) is 1. The largest absolute Gasteiger partial charge is 0.349 e. The number of amides is 1. The third-order valence-corrected chi connectivity index (χ3v) is 3.36. The second kappa shape index (κ2) is 6.86. The van der Waals surface area contributed by atoms with Gasteiger partial charge in [0.05, 0.1) is 0 Å². The van der Waals surface area contributed by atoms with E-state index in [0.717, 1.165) is 26.1 Å². The van der Waals surface area contributed by atoms with Crippen LogP contribution in [0, 0.1) is 0 Å². The average Bonchev–Trinajstić information content (AvgIpc) is 2.27. The molecule has 0 aromatic heterocycles. The summed E-state index contributed by atoms with van der Waals surface area (Å²) >= 11 is 0. The molecule has 1 amide bonds. The van der Waals surface area contributed by atoms with Crippen molar-refractivity contribution in [1.29, 1.82) is 0 Å². The van der Waals surface area contributed by atoms with Gasteiger partial charge in [0, 0.05) is 33.1 Å². The molecule has 0 aliphatic carbocycles. The molecule has 1 aliphatic heterocycles. The Hall–Kier alpha value is -0.610. The summed E-state index contributed by atoms with van der Waals surface area (Å²) in [6.45, 7) is 2.77. The van der Waals surface area contributed by atoms with E-state index in [0.29, 0.717) is 12.5 Å². The monoisotopic (exact) mass is 227 g/mol. The molecular formula is C12H25N3O. The van der Waals surface area contributed by atoms with Crippen molar-refractivity contribution < 1.29 is 4.79 Å². The summed E-state index contributed by atoms with van der Waals surface area (Å²) in [5.41, 5.74) is 5.62. The van der Waals surface area contributed by atoms with Gasteiger partial charge in [0.15, 0.2) is 0 Å². The SMILES string of the molecule is CN(C)C(=O)CCN1CCCCC1CCN. The Morgan fingerprint density at radius 2 is 2.19 bits per heavy atom. The normalized spacial score (nSPS) is 22.1. The van der Waals surface area contributed by atoms with E-state index in [1.807, 2.05) is 14.1 Å². The van der Waals surface area contributed by atoms with E-state index < -0.39 is 0 Å².